The Morgan fingerprint density at radius 1 is 1.18 bits per heavy atom. The van der Waals surface area contributed by atoms with Gasteiger partial charge in [0.15, 0.2) is 0 Å². The Labute approximate surface area is 175 Å². The summed E-state index contributed by atoms with van der Waals surface area (Å²) in [6, 6.07) is 15.0. The van der Waals surface area contributed by atoms with Gasteiger partial charge in [0.05, 0.1) is 28.1 Å². The number of nitrogens with one attached hydrogen (secondary N) is 1. The molecule has 2 aromatic carbocycles. The maximum absolute atomic E-state index is 12.2. The van der Waals surface area contributed by atoms with Crippen LogP contribution in [0.2, 0.25) is 5.02 Å². The van der Waals surface area contributed by atoms with Gasteiger partial charge in [0.2, 0.25) is 5.91 Å². The summed E-state index contributed by atoms with van der Waals surface area (Å²) in [7, 11) is 0. The van der Waals surface area contributed by atoms with E-state index in [0.29, 0.717) is 10.7 Å². The molecule has 28 heavy (non-hydrogen) atoms. The van der Waals surface area contributed by atoms with Gasteiger partial charge in [-0.3, -0.25) is 9.59 Å². The maximum Gasteiger partial charge on any atom is 0.307 e. The number of aromatic nitrogens is 1. The molecule has 0 aliphatic carbocycles. The van der Waals surface area contributed by atoms with Crippen LogP contribution >= 0.6 is 34.7 Å². The predicted molar refractivity (Wildman–Crippen MR) is 112 cm³/mol. The van der Waals surface area contributed by atoms with Gasteiger partial charge in [-0.15, -0.1) is 23.1 Å². The number of para-hydroxylation sites is 1. The Morgan fingerprint density at radius 3 is 2.82 bits per heavy atom. The molecular formula is C20H15ClN2O3S2. The van der Waals surface area contributed by atoms with Crippen molar-refractivity contribution in [2.45, 2.75) is 23.2 Å². The second-order valence-corrected chi connectivity index (χ2v) is 8.59. The molecule has 0 radical (unpaired) electrons. The summed E-state index contributed by atoms with van der Waals surface area (Å²) in [5, 5.41) is 5.56. The molecule has 1 aliphatic rings. The van der Waals surface area contributed by atoms with Crippen molar-refractivity contribution in [2.75, 3.05) is 5.32 Å². The van der Waals surface area contributed by atoms with E-state index in [9.17, 15) is 9.59 Å². The summed E-state index contributed by atoms with van der Waals surface area (Å²) in [6.07, 6.45) is 0.00629. The summed E-state index contributed by atoms with van der Waals surface area (Å²) in [4.78, 5) is 29.8. The number of hydrogen-bond donors (Lipinski definition) is 1. The Hall–Kier alpha value is -2.35. The number of nitrogens with zero attached hydrogens (tertiary/aromatic N) is 1. The van der Waals surface area contributed by atoms with Crippen LogP contribution in [0.4, 0.5) is 5.69 Å². The third kappa shape index (κ3) is 4.22. The number of benzene rings is 2. The van der Waals surface area contributed by atoms with Crippen LogP contribution in [0.5, 0.6) is 0 Å². The summed E-state index contributed by atoms with van der Waals surface area (Å²) in [5.41, 5.74) is 2.27. The number of fused-ring (bicyclic) bond motifs is 1. The number of esters is 1. The zero-order chi connectivity index (χ0) is 19.5. The number of amides is 1. The Bertz CT molecular complexity index is 1040. The second-order valence-electron chi connectivity index (χ2n) is 6.08. The van der Waals surface area contributed by atoms with E-state index in [0.717, 1.165) is 21.2 Å². The molecule has 0 spiro atoms. The van der Waals surface area contributed by atoms with Crippen LogP contribution in [0.25, 0.3) is 10.6 Å². The molecule has 2 heterocycles. The third-order valence-electron chi connectivity index (χ3n) is 4.10. The third-order valence-corrected chi connectivity index (χ3v) is 6.62. The van der Waals surface area contributed by atoms with Crippen molar-refractivity contribution >= 4 is 52.3 Å². The van der Waals surface area contributed by atoms with Gasteiger partial charge >= 0.3 is 5.97 Å². The van der Waals surface area contributed by atoms with E-state index < -0.39 is 11.2 Å². The molecule has 0 bridgehead atoms. The number of carbonyl (C=O) groups is 2. The van der Waals surface area contributed by atoms with Gasteiger partial charge in [-0.1, -0.05) is 41.9 Å². The van der Waals surface area contributed by atoms with E-state index in [2.05, 4.69) is 10.3 Å². The summed E-state index contributed by atoms with van der Waals surface area (Å²) in [5.74, 6) is -0.616. The fourth-order valence-corrected chi connectivity index (χ4v) is 4.94. The lowest BCUT2D eigenvalue weighted by Gasteiger charge is -2.23. The molecule has 142 valence electrons. The highest BCUT2D eigenvalue weighted by molar-refractivity contribution is 8.01. The first-order chi connectivity index (χ1) is 13.6. The van der Waals surface area contributed by atoms with Crippen molar-refractivity contribution < 1.29 is 14.3 Å². The number of anilines is 1. The average molecular weight is 431 g/mol. The smallest absolute Gasteiger partial charge is 0.307 e. The van der Waals surface area contributed by atoms with Gasteiger partial charge in [-0.2, -0.15) is 0 Å². The van der Waals surface area contributed by atoms with E-state index >= 15 is 0 Å². The highest BCUT2D eigenvalue weighted by Crippen LogP contribution is 2.36. The van der Waals surface area contributed by atoms with Gasteiger partial charge < -0.3 is 10.1 Å². The average Bonchev–Trinajstić information content (AvgIpc) is 3.16. The fraction of sp³-hybridized carbons (Fsp3) is 0.150. The van der Waals surface area contributed by atoms with Crippen LogP contribution in [0, 0.1) is 0 Å². The molecule has 1 aromatic heterocycles. The molecule has 0 saturated heterocycles. The molecule has 1 amide bonds. The van der Waals surface area contributed by atoms with Crippen LogP contribution < -0.4 is 5.32 Å². The van der Waals surface area contributed by atoms with Gasteiger partial charge in [0.1, 0.15) is 11.6 Å². The van der Waals surface area contributed by atoms with Gasteiger partial charge in [0.25, 0.3) is 0 Å². The predicted octanol–water partition coefficient (Wildman–Crippen LogP) is 5.01. The number of thiazole rings is 1. The van der Waals surface area contributed by atoms with Gasteiger partial charge in [0, 0.05) is 15.8 Å². The van der Waals surface area contributed by atoms with Crippen LogP contribution in [0.15, 0.2) is 58.8 Å². The number of hydrogen-bond acceptors (Lipinski definition) is 6. The number of halogens is 1. The molecule has 1 unspecified atom stereocenters. The van der Waals surface area contributed by atoms with E-state index in [-0.39, 0.29) is 18.9 Å². The van der Waals surface area contributed by atoms with Crippen LogP contribution in [0.1, 0.15) is 12.1 Å². The molecule has 3 aromatic rings. The lowest BCUT2D eigenvalue weighted by Crippen LogP contribution is -2.31. The normalized spacial score (nSPS) is 15.6. The quantitative estimate of drug-likeness (QED) is 0.576. The first-order valence-electron chi connectivity index (χ1n) is 8.51. The molecule has 0 fully saturated rings. The first-order valence-corrected chi connectivity index (χ1v) is 10.7. The van der Waals surface area contributed by atoms with Crippen molar-refractivity contribution in [3.8, 4) is 10.6 Å². The number of thioether (sulfide) groups is 1. The molecule has 8 heteroatoms. The van der Waals surface area contributed by atoms with Crippen LogP contribution in [-0.4, -0.2) is 22.1 Å². The Kier molecular flexibility index (Phi) is 5.66. The van der Waals surface area contributed by atoms with Crippen molar-refractivity contribution in [1.82, 2.24) is 4.98 Å². The number of carbonyl (C=O) groups excluding carboxylic acids is 2. The van der Waals surface area contributed by atoms with Crippen LogP contribution in [0.3, 0.4) is 0 Å². The lowest BCUT2D eigenvalue weighted by molar-refractivity contribution is -0.145. The molecule has 5 nitrogen and oxygen atoms in total. The minimum absolute atomic E-state index is 0.00629. The van der Waals surface area contributed by atoms with E-state index in [1.54, 1.807) is 0 Å². The van der Waals surface area contributed by atoms with Crippen molar-refractivity contribution in [1.29, 1.82) is 0 Å². The van der Waals surface area contributed by atoms with Gasteiger partial charge in [-0.25, -0.2) is 4.98 Å². The fourth-order valence-electron chi connectivity index (χ4n) is 2.72. The van der Waals surface area contributed by atoms with E-state index in [1.807, 2.05) is 53.9 Å². The Balaban J connectivity index is 1.34. The highest BCUT2D eigenvalue weighted by atomic mass is 35.5. The van der Waals surface area contributed by atoms with Crippen LogP contribution in [-0.2, 0) is 20.9 Å². The molecule has 0 saturated carbocycles. The van der Waals surface area contributed by atoms with E-state index in [1.165, 1.54) is 23.1 Å². The molecule has 1 atom stereocenters. The topological polar surface area (TPSA) is 68.3 Å². The lowest BCUT2D eigenvalue weighted by atomic mass is 10.2. The summed E-state index contributed by atoms with van der Waals surface area (Å²) < 4.78 is 5.33. The molecule has 1 N–H and O–H groups in total. The largest absolute Gasteiger partial charge is 0.459 e. The Morgan fingerprint density at radius 2 is 1.96 bits per heavy atom. The summed E-state index contributed by atoms with van der Waals surface area (Å²) in [6.45, 7) is 0.0649. The standard InChI is InChI=1S/C20H15ClN2O3S2/c21-14-6-2-1-5-13(14)20-22-12(11-27-20)10-26-18(24)9-17-19(25)23-15-7-3-4-8-16(15)28-17/h1-8,11,17H,9-10H2,(H,23,25). The van der Waals surface area contributed by atoms with Gasteiger partial charge in [-0.05, 0) is 18.2 Å². The van der Waals surface area contributed by atoms with E-state index in [4.69, 9.17) is 16.3 Å². The molecule has 1 aliphatic heterocycles. The maximum atomic E-state index is 12.2. The van der Waals surface area contributed by atoms with Crippen molar-refractivity contribution in [3.05, 3.63) is 64.6 Å². The van der Waals surface area contributed by atoms with Crippen molar-refractivity contribution in [3.63, 3.8) is 0 Å². The minimum atomic E-state index is -0.503. The highest BCUT2D eigenvalue weighted by Gasteiger charge is 2.29. The zero-order valence-corrected chi connectivity index (χ0v) is 16.9. The SMILES string of the molecule is O=C(CC1Sc2ccccc2NC1=O)OCc1csc(-c2ccccc2Cl)n1. The minimum Gasteiger partial charge on any atom is -0.459 e. The molecule has 4 rings (SSSR count). The monoisotopic (exact) mass is 430 g/mol. The molecular weight excluding hydrogens is 416 g/mol. The number of rotatable bonds is 5. The summed E-state index contributed by atoms with van der Waals surface area (Å²) >= 11 is 9.01. The second kappa shape index (κ2) is 8.34. The first kappa shape index (κ1) is 19.0. The van der Waals surface area contributed by atoms with Crippen molar-refractivity contribution in [2.24, 2.45) is 0 Å². The zero-order valence-electron chi connectivity index (χ0n) is 14.6. The number of ether oxygens (including phenoxy) is 1.